The minimum Gasteiger partial charge on any atom is -0.405 e. The van der Waals surface area contributed by atoms with Gasteiger partial charge < -0.3 is 16.0 Å². The summed E-state index contributed by atoms with van der Waals surface area (Å²) in [5.41, 5.74) is 12.7. The Bertz CT molecular complexity index is 652. The zero-order valence-electron chi connectivity index (χ0n) is 10.00. The number of aliphatic imine (C=N–C) groups is 1. The second kappa shape index (κ2) is 4.75. The Labute approximate surface area is 104 Å². The molecule has 0 aliphatic heterocycles. The van der Waals surface area contributed by atoms with Crippen LogP contribution in [0.25, 0.3) is 10.9 Å². The molecule has 0 spiro atoms. The first-order valence-corrected chi connectivity index (χ1v) is 5.43. The van der Waals surface area contributed by atoms with Crippen LogP contribution in [-0.4, -0.2) is 16.7 Å². The number of rotatable bonds is 3. The molecule has 92 valence electrons. The lowest BCUT2D eigenvalue weighted by atomic mass is 10.1. The Morgan fingerprint density at radius 1 is 1.44 bits per heavy atom. The van der Waals surface area contributed by atoms with Gasteiger partial charge in [0.2, 0.25) is 5.91 Å². The number of hydrogen-bond donors (Lipinski definition) is 2. The lowest BCUT2D eigenvalue weighted by Crippen LogP contribution is -2.10. The van der Waals surface area contributed by atoms with E-state index in [1.807, 2.05) is 23.9 Å². The summed E-state index contributed by atoms with van der Waals surface area (Å²) in [6, 6.07) is 5.30. The Kier molecular flexibility index (Phi) is 3.14. The zero-order chi connectivity index (χ0) is 13.1. The standard InChI is InChI=1S/C13H14N4O/c1-17-8-11(16-6-2-5-14)10-4-3-9(13(15)18)7-12(10)17/h2-8H,14H2,1H3,(H2,15,18)/b5-2-,16-6?. The second-order valence-electron chi connectivity index (χ2n) is 3.88. The summed E-state index contributed by atoms with van der Waals surface area (Å²) in [5.74, 6) is -0.436. The highest BCUT2D eigenvalue weighted by atomic mass is 16.1. The summed E-state index contributed by atoms with van der Waals surface area (Å²) in [6.45, 7) is 0. The Hall–Kier alpha value is -2.56. The number of benzene rings is 1. The van der Waals surface area contributed by atoms with E-state index in [1.54, 1.807) is 24.4 Å². The van der Waals surface area contributed by atoms with Crippen LogP contribution in [-0.2, 0) is 7.05 Å². The van der Waals surface area contributed by atoms with E-state index in [-0.39, 0.29) is 0 Å². The van der Waals surface area contributed by atoms with E-state index in [4.69, 9.17) is 11.5 Å². The molecule has 5 nitrogen and oxygen atoms in total. The molecule has 18 heavy (non-hydrogen) atoms. The normalized spacial score (nSPS) is 11.8. The number of fused-ring (bicyclic) bond motifs is 1. The van der Waals surface area contributed by atoms with Crippen molar-refractivity contribution in [1.82, 2.24) is 4.57 Å². The van der Waals surface area contributed by atoms with Gasteiger partial charge >= 0.3 is 0 Å². The van der Waals surface area contributed by atoms with E-state index < -0.39 is 5.91 Å². The minimum atomic E-state index is -0.436. The highest BCUT2D eigenvalue weighted by molar-refractivity contribution is 6.00. The van der Waals surface area contributed by atoms with Gasteiger partial charge in [-0.2, -0.15) is 0 Å². The van der Waals surface area contributed by atoms with Crippen molar-refractivity contribution in [1.29, 1.82) is 0 Å². The summed E-state index contributed by atoms with van der Waals surface area (Å²) in [4.78, 5) is 15.4. The van der Waals surface area contributed by atoms with Crippen molar-refractivity contribution in [3.63, 3.8) is 0 Å². The molecular weight excluding hydrogens is 228 g/mol. The van der Waals surface area contributed by atoms with Crippen LogP contribution in [0.3, 0.4) is 0 Å². The molecule has 0 saturated heterocycles. The first kappa shape index (κ1) is 11.9. The maximum absolute atomic E-state index is 11.1. The number of hydrogen-bond acceptors (Lipinski definition) is 3. The van der Waals surface area contributed by atoms with E-state index in [0.717, 1.165) is 16.6 Å². The number of allylic oxidation sites excluding steroid dienone is 1. The first-order valence-electron chi connectivity index (χ1n) is 5.43. The van der Waals surface area contributed by atoms with Crippen LogP contribution in [0.1, 0.15) is 10.4 Å². The van der Waals surface area contributed by atoms with Crippen molar-refractivity contribution in [2.75, 3.05) is 0 Å². The van der Waals surface area contributed by atoms with Crippen molar-refractivity contribution in [2.45, 2.75) is 0 Å². The van der Waals surface area contributed by atoms with Gasteiger partial charge in [0.15, 0.2) is 0 Å². The molecule has 1 amide bonds. The topological polar surface area (TPSA) is 86.4 Å². The van der Waals surface area contributed by atoms with E-state index in [9.17, 15) is 4.79 Å². The summed E-state index contributed by atoms with van der Waals surface area (Å²) in [5, 5.41) is 0.962. The average Bonchev–Trinajstić information content (AvgIpc) is 2.66. The molecule has 2 aromatic rings. The summed E-state index contributed by atoms with van der Waals surface area (Å²) in [7, 11) is 1.89. The molecule has 0 fully saturated rings. The largest absolute Gasteiger partial charge is 0.405 e. The molecule has 1 aromatic heterocycles. The molecule has 0 unspecified atom stereocenters. The van der Waals surface area contributed by atoms with Gasteiger partial charge in [-0.05, 0) is 30.5 Å². The van der Waals surface area contributed by atoms with Crippen LogP contribution in [0.15, 0.2) is 41.7 Å². The number of amides is 1. The smallest absolute Gasteiger partial charge is 0.248 e. The lowest BCUT2D eigenvalue weighted by Gasteiger charge is -1.98. The van der Waals surface area contributed by atoms with Gasteiger partial charge in [0.25, 0.3) is 0 Å². The zero-order valence-corrected chi connectivity index (χ0v) is 10.00. The number of primary amides is 1. The quantitative estimate of drug-likeness (QED) is 0.798. The van der Waals surface area contributed by atoms with Crippen LogP contribution in [0.5, 0.6) is 0 Å². The number of nitrogens with zero attached hydrogens (tertiary/aromatic N) is 2. The average molecular weight is 242 g/mol. The van der Waals surface area contributed by atoms with E-state index in [2.05, 4.69) is 4.99 Å². The number of nitrogens with two attached hydrogens (primary N) is 2. The number of carbonyl (C=O) groups is 1. The third-order valence-electron chi connectivity index (χ3n) is 2.66. The highest BCUT2D eigenvalue weighted by Crippen LogP contribution is 2.28. The van der Waals surface area contributed by atoms with E-state index in [0.29, 0.717) is 5.56 Å². The van der Waals surface area contributed by atoms with Crippen LogP contribution < -0.4 is 11.5 Å². The van der Waals surface area contributed by atoms with Gasteiger partial charge in [-0.3, -0.25) is 9.79 Å². The lowest BCUT2D eigenvalue weighted by molar-refractivity contribution is 0.100. The van der Waals surface area contributed by atoms with Crippen molar-refractivity contribution in [3.05, 3.63) is 42.2 Å². The highest BCUT2D eigenvalue weighted by Gasteiger charge is 2.08. The summed E-state index contributed by atoms with van der Waals surface area (Å²) < 4.78 is 1.90. The molecule has 1 aromatic carbocycles. The Morgan fingerprint density at radius 2 is 2.22 bits per heavy atom. The van der Waals surface area contributed by atoms with Crippen molar-refractivity contribution >= 4 is 28.7 Å². The molecule has 1 heterocycles. The van der Waals surface area contributed by atoms with E-state index in [1.165, 1.54) is 6.20 Å². The summed E-state index contributed by atoms with van der Waals surface area (Å²) in [6.07, 6.45) is 6.57. The fourth-order valence-corrected chi connectivity index (χ4v) is 1.79. The van der Waals surface area contributed by atoms with Gasteiger partial charge in [-0.1, -0.05) is 0 Å². The van der Waals surface area contributed by atoms with Gasteiger partial charge in [0, 0.05) is 30.4 Å². The Morgan fingerprint density at radius 3 is 2.89 bits per heavy atom. The molecule has 0 radical (unpaired) electrons. The molecule has 0 saturated carbocycles. The van der Waals surface area contributed by atoms with Crippen molar-refractivity contribution in [2.24, 2.45) is 23.5 Å². The molecule has 0 bridgehead atoms. The Balaban J connectivity index is 2.55. The number of aryl methyl sites for hydroxylation is 1. The van der Waals surface area contributed by atoms with Crippen molar-refractivity contribution in [3.8, 4) is 0 Å². The van der Waals surface area contributed by atoms with Gasteiger partial charge in [-0.25, -0.2) is 0 Å². The minimum absolute atomic E-state index is 0.436. The predicted molar refractivity (Wildman–Crippen MR) is 72.9 cm³/mol. The fraction of sp³-hybridized carbons (Fsp3) is 0.0769. The van der Waals surface area contributed by atoms with Gasteiger partial charge in [-0.15, -0.1) is 0 Å². The molecule has 2 rings (SSSR count). The predicted octanol–water partition coefficient (Wildman–Crippen LogP) is 1.45. The molecule has 0 aliphatic rings. The maximum Gasteiger partial charge on any atom is 0.248 e. The number of aromatic nitrogens is 1. The van der Waals surface area contributed by atoms with Gasteiger partial charge in [0.1, 0.15) is 0 Å². The SMILES string of the molecule is Cn1cc(N=C/C=C\N)c2ccc(C(N)=O)cc21. The van der Waals surface area contributed by atoms with Crippen LogP contribution in [0, 0.1) is 0 Å². The fourth-order valence-electron chi connectivity index (χ4n) is 1.79. The van der Waals surface area contributed by atoms with Crippen LogP contribution >= 0.6 is 0 Å². The third kappa shape index (κ3) is 2.10. The molecule has 0 atom stereocenters. The monoisotopic (exact) mass is 242 g/mol. The van der Waals surface area contributed by atoms with Gasteiger partial charge in [0.05, 0.1) is 11.2 Å². The van der Waals surface area contributed by atoms with Crippen LogP contribution in [0.2, 0.25) is 0 Å². The molecule has 4 N–H and O–H groups in total. The first-order chi connectivity index (χ1) is 8.63. The second-order valence-corrected chi connectivity index (χ2v) is 3.88. The van der Waals surface area contributed by atoms with Crippen LogP contribution in [0.4, 0.5) is 5.69 Å². The third-order valence-corrected chi connectivity index (χ3v) is 2.66. The number of carbonyl (C=O) groups excluding carboxylic acids is 1. The van der Waals surface area contributed by atoms with E-state index >= 15 is 0 Å². The maximum atomic E-state index is 11.1. The molecular formula is C13H14N4O. The molecule has 0 aliphatic carbocycles. The van der Waals surface area contributed by atoms with Crippen molar-refractivity contribution < 1.29 is 4.79 Å². The summed E-state index contributed by atoms with van der Waals surface area (Å²) >= 11 is 0. The molecule has 5 heteroatoms.